The van der Waals surface area contributed by atoms with Crippen LogP contribution < -0.4 is 9.47 Å². The molecule has 0 unspecified atom stereocenters. The first-order chi connectivity index (χ1) is 17.3. The van der Waals surface area contributed by atoms with Crippen molar-refractivity contribution in [3.05, 3.63) is 116 Å². The van der Waals surface area contributed by atoms with Crippen LogP contribution in [0.2, 0.25) is 0 Å². The molecule has 0 fully saturated rings. The molecule has 0 bridgehead atoms. The van der Waals surface area contributed by atoms with E-state index in [1.807, 2.05) is 30.3 Å². The predicted molar refractivity (Wildman–Crippen MR) is 129 cm³/mol. The van der Waals surface area contributed by atoms with Gasteiger partial charge in [-0.2, -0.15) is 0 Å². The van der Waals surface area contributed by atoms with E-state index in [9.17, 15) is 30.4 Å². The second-order valence-electron chi connectivity index (χ2n) is 7.29. The highest BCUT2D eigenvalue weighted by atomic mass is 16.6. The van der Waals surface area contributed by atoms with Gasteiger partial charge in [0.05, 0.1) is 15.4 Å². The predicted octanol–water partition coefficient (Wildman–Crippen LogP) is 5.90. The zero-order valence-corrected chi connectivity index (χ0v) is 18.3. The van der Waals surface area contributed by atoms with E-state index in [0.29, 0.717) is 11.3 Å². The molecule has 0 radical (unpaired) electrons. The van der Waals surface area contributed by atoms with E-state index >= 15 is 0 Å². The number of hydrogen-bond acceptors (Lipinski definition) is 8. The molecule has 0 aromatic heterocycles. The van der Waals surface area contributed by atoms with Crippen LogP contribution in [-0.2, 0) is 0 Å². The van der Waals surface area contributed by atoms with Crippen molar-refractivity contribution < 1.29 is 29.5 Å². The Morgan fingerprint density at radius 1 is 0.639 bits per heavy atom. The summed E-state index contributed by atoms with van der Waals surface area (Å²) in [6.07, 6.45) is 0. The molecule has 0 aliphatic carbocycles. The summed E-state index contributed by atoms with van der Waals surface area (Å²) >= 11 is 0. The molecule has 0 aliphatic heterocycles. The van der Waals surface area contributed by atoms with Crippen LogP contribution in [0.15, 0.2) is 84.9 Å². The summed E-state index contributed by atoms with van der Waals surface area (Å²) in [4.78, 5) is 20.4. The van der Waals surface area contributed by atoms with Crippen LogP contribution in [0, 0.1) is 32.1 Å². The van der Waals surface area contributed by atoms with Gasteiger partial charge in [-0.05, 0) is 36.4 Å². The van der Waals surface area contributed by atoms with Gasteiger partial charge in [-0.15, -0.1) is 0 Å². The summed E-state index contributed by atoms with van der Waals surface area (Å²) in [5.74, 6) is 5.80. The van der Waals surface area contributed by atoms with Gasteiger partial charge in [-0.1, -0.05) is 30.0 Å². The smallest absolute Gasteiger partial charge is 0.310 e. The second-order valence-corrected chi connectivity index (χ2v) is 7.29. The number of phenols is 2. The minimum atomic E-state index is -0.710. The summed E-state index contributed by atoms with van der Waals surface area (Å²) in [5, 5.41) is 41.6. The molecule has 10 heteroatoms. The van der Waals surface area contributed by atoms with Crippen LogP contribution in [0.5, 0.6) is 34.5 Å². The molecule has 0 saturated carbocycles. The Morgan fingerprint density at radius 3 is 1.72 bits per heavy atom. The van der Waals surface area contributed by atoms with Crippen LogP contribution in [0.1, 0.15) is 11.1 Å². The van der Waals surface area contributed by atoms with Gasteiger partial charge in [0.1, 0.15) is 23.0 Å². The fourth-order valence-electron chi connectivity index (χ4n) is 3.13. The molecule has 0 spiro atoms. The lowest BCUT2D eigenvalue weighted by Crippen LogP contribution is -1.93. The van der Waals surface area contributed by atoms with Gasteiger partial charge in [0.15, 0.2) is 11.5 Å². The van der Waals surface area contributed by atoms with E-state index in [1.54, 1.807) is 18.2 Å². The highest BCUT2D eigenvalue weighted by Crippen LogP contribution is 2.36. The summed E-state index contributed by atoms with van der Waals surface area (Å²) in [6.45, 7) is 0. The third kappa shape index (κ3) is 5.49. The van der Waals surface area contributed by atoms with Crippen LogP contribution in [0.4, 0.5) is 11.4 Å². The van der Waals surface area contributed by atoms with Crippen molar-refractivity contribution in [2.75, 3.05) is 0 Å². The van der Waals surface area contributed by atoms with Crippen molar-refractivity contribution in [3.8, 4) is 46.3 Å². The summed E-state index contributed by atoms with van der Waals surface area (Å²) in [7, 11) is 0. The molecule has 4 rings (SSSR count). The molecule has 0 atom stereocenters. The fraction of sp³-hybridized carbons (Fsp3) is 0. The van der Waals surface area contributed by atoms with Crippen LogP contribution >= 0.6 is 0 Å². The van der Waals surface area contributed by atoms with E-state index in [2.05, 4.69) is 11.8 Å². The first-order valence-electron chi connectivity index (χ1n) is 10.3. The Bertz CT molecular complexity index is 1520. The van der Waals surface area contributed by atoms with Crippen molar-refractivity contribution in [3.63, 3.8) is 0 Å². The Balaban J connectivity index is 1.68. The zero-order valence-electron chi connectivity index (χ0n) is 18.3. The van der Waals surface area contributed by atoms with E-state index in [4.69, 9.17) is 9.47 Å². The Hall–Kier alpha value is -5.56. The number of aromatic hydroxyl groups is 2. The molecule has 178 valence electrons. The average molecular weight is 484 g/mol. The third-order valence-corrected chi connectivity index (χ3v) is 4.82. The number of nitrogens with zero attached hydrogens (tertiary/aromatic N) is 2. The first-order valence-corrected chi connectivity index (χ1v) is 10.3. The number of nitro groups is 2. The number of nitro benzene ring substituents is 2. The molecule has 0 heterocycles. The number of ether oxygens (including phenoxy) is 2. The highest BCUT2D eigenvalue weighted by molar-refractivity contribution is 5.57. The SMILES string of the molecule is O=[N+]([O-])c1ccc(Oc2ccc(Oc3ccc([N+](=O)[O-])c(O)c3)c(C#Cc3ccccc3)c2)cc1O. The molecule has 0 amide bonds. The second kappa shape index (κ2) is 10.1. The van der Waals surface area contributed by atoms with E-state index in [-0.39, 0.29) is 17.2 Å². The lowest BCUT2D eigenvalue weighted by Gasteiger charge is -2.11. The molecule has 4 aromatic rings. The monoisotopic (exact) mass is 484 g/mol. The number of phenolic OH excluding ortho intramolecular Hbond substituents is 2. The van der Waals surface area contributed by atoms with Crippen LogP contribution in [-0.4, -0.2) is 20.1 Å². The molecule has 0 saturated heterocycles. The standard InChI is InChI=1S/C26H16N2O8/c29-24-15-20(8-11-22(24)27(31)32)35-19-10-13-26(18(14-19)7-6-17-4-2-1-3-5-17)36-21-9-12-23(28(33)34)25(30)16-21/h1-5,8-16,29-30H. The van der Waals surface area contributed by atoms with Crippen molar-refractivity contribution in [1.82, 2.24) is 0 Å². The molecule has 10 nitrogen and oxygen atoms in total. The van der Waals surface area contributed by atoms with Gasteiger partial charge < -0.3 is 19.7 Å². The maximum absolute atomic E-state index is 10.9. The maximum atomic E-state index is 10.9. The van der Waals surface area contributed by atoms with Crippen molar-refractivity contribution in [2.24, 2.45) is 0 Å². The fourth-order valence-corrected chi connectivity index (χ4v) is 3.13. The largest absolute Gasteiger partial charge is 0.502 e. The molecular weight excluding hydrogens is 468 g/mol. The minimum Gasteiger partial charge on any atom is -0.502 e. The van der Waals surface area contributed by atoms with E-state index in [0.717, 1.165) is 29.8 Å². The number of rotatable bonds is 6. The Labute approximate surface area is 203 Å². The summed E-state index contributed by atoms with van der Waals surface area (Å²) in [6, 6.07) is 21.0. The first kappa shape index (κ1) is 23.6. The van der Waals surface area contributed by atoms with Crippen molar-refractivity contribution in [1.29, 1.82) is 0 Å². The zero-order chi connectivity index (χ0) is 25.7. The van der Waals surface area contributed by atoms with Gasteiger partial charge in [-0.25, -0.2) is 0 Å². The van der Waals surface area contributed by atoms with E-state index < -0.39 is 32.7 Å². The maximum Gasteiger partial charge on any atom is 0.310 e. The molecule has 4 aromatic carbocycles. The third-order valence-electron chi connectivity index (χ3n) is 4.82. The van der Waals surface area contributed by atoms with Gasteiger partial charge >= 0.3 is 11.4 Å². The topological polar surface area (TPSA) is 145 Å². The Kier molecular flexibility index (Phi) is 6.65. The normalized spacial score (nSPS) is 10.1. The highest BCUT2D eigenvalue weighted by Gasteiger charge is 2.16. The van der Waals surface area contributed by atoms with Gasteiger partial charge in [0.25, 0.3) is 0 Å². The molecule has 0 aliphatic rings. The lowest BCUT2D eigenvalue weighted by molar-refractivity contribution is -0.386. The van der Waals surface area contributed by atoms with E-state index in [1.165, 1.54) is 12.1 Å². The average Bonchev–Trinajstić information content (AvgIpc) is 2.84. The Morgan fingerprint density at radius 2 is 1.17 bits per heavy atom. The summed E-state index contributed by atoms with van der Waals surface area (Å²) < 4.78 is 11.6. The number of benzene rings is 4. The number of hydrogen-bond donors (Lipinski definition) is 2. The lowest BCUT2D eigenvalue weighted by atomic mass is 10.1. The van der Waals surface area contributed by atoms with Gasteiger partial charge in [0, 0.05) is 35.9 Å². The van der Waals surface area contributed by atoms with Crippen molar-refractivity contribution >= 4 is 11.4 Å². The van der Waals surface area contributed by atoms with Gasteiger partial charge in [0.2, 0.25) is 0 Å². The minimum absolute atomic E-state index is 0.148. The molecule has 36 heavy (non-hydrogen) atoms. The summed E-state index contributed by atoms with van der Waals surface area (Å²) in [5.41, 5.74) is 0.219. The van der Waals surface area contributed by atoms with Crippen LogP contribution in [0.3, 0.4) is 0 Å². The van der Waals surface area contributed by atoms with Crippen molar-refractivity contribution in [2.45, 2.75) is 0 Å². The molecule has 2 N–H and O–H groups in total. The quantitative estimate of drug-likeness (QED) is 0.195. The molecular formula is C26H16N2O8. The van der Waals surface area contributed by atoms with Crippen LogP contribution in [0.25, 0.3) is 0 Å². The van der Waals surface area contributed by atoms with Gasteiger partial charge in [-0.3, -0.25) is 20.2 Å².